The second-order valence-electron chi connectivity index (χ2n) is 5.59. The predicted octanol–water partition coefficient (Wildman–Crippen LogP) is 2.88. The molecule has 1 atom stereocenters. The Hall–Kier alpha value is -1.26. The number of likely N-dealkylation sites (tertiary alicyclic amines) is 1. The first-order valence-corrected chi connectivity index (χ1v) is 8.62. The highest BCUT2D eigenvalue weighted by atomic mass is 35.5. The number of rotatable bonds is 6. The van der Waals surface area contributed by atoms with E-state index >= 15 is 0 Å². The maximum atomic E-state index is 6.19. The Morgan fingerprint density at radius 2 is 2.14 bits per heavy atom. The van der Waals surface area contributed by atoms with Gasteiger partial charge in [-0.2, -0.15) is 0 Å². The summed E-state index contributed by atoms with van der Waals surface area (Å²) in [4.78, 5) is 7.18. The van der Waals surface area contributed by atoms with Crippen LogP contribution >= 0.6 is 11.6 Å². The fourth-order valence-electron chi connectivity index (χ4n) is 2.89. The Kier molecular flexibility index (Phi) is 7.00. The highest BCUT2D eigenvalue weighted by molar-refractivity contribution is 6.31. The van der Waals surface area contributed by atoms with Crippen molar-refractivity contribution in [1.29, 1.82) is 0 Å². The number of nitrogens with zero attached hydrogens (tertiary/aromatic N) is 2. The van der Waals surface area contributed by atoms with Crippen LogP contribution in [0.25, 0.3) is 0 Å². The van der Waals surface area contributed by atoms with Gasteiger partial charge in [-0.05, 0) is 44.5 Å². The number of nitrogens with one attached hydrogen (secondary N) is 2. The van der Waals surface area contributed by atoms with E-state index in [0.717, 1.165) is 36.2 Å². The van der Waals surface area contributed by atoms with Crippen molar-refractivity contribution < 1.29 is 0 Å². The molecule has 122 valence electrons. The van der Waals surface area contributed by atoms with E-state index < -0.39 is 0 Å². The molecule has 1 aliphatic rings. The van der Waals surface area contributed by atoms with Crippen molar-refractivity contribution in [3.05, 3.63) is 34.9 Å². The third-order valence-electron chi connectivity index (χ3n) is 4.12. The van der Waals surface area contributed by atoms with Crippen LogP contribution in [0.2, 0.25) is 5.02 Å². The van der Waals surface area contributed by atoms with Gasteiger partial charge in [-0.3, -0.25) is 4.90 Å². The first-order valence-electron chi connectivity index (χ1n) is 8.24. The standard InChI is InChI=1S/C17H27ClN4/c1-3-19-17(20-12-14-8-5-6-10-16(14)18)21-13-15-9-7-11-22(15)4-2/h5-6,8,10,15H,3-4,7,9,11-13H2,1-2H3,(H2,19,20,21). The molecule has 0 radical (unpaired) electrons. The van der Waals surface area contributed by atoms with Crippen LogP contribution in [-0.4, -0.2) is 43.1 Å². The lowest BCUT2D eigenvalue weighted by Crippen LogP contribution is -2.44. The molecule has 0 aliphatic carbocycles. The largest absolute Gasteiger partial charge is 0.357 e. The zero-order valence-electron chi connectivity index (χ0n) is 13.6. The molecule has 1 aromatic carbocycles. The summed E-state index contributed by atoms with van der Waals surface area (Å²) in [7, 11) is 0. The summed E-state index contributed by atoms with van der Waals surface area (Å²) in [5.74, 6) is 0.866. The lowest BCUT2D eigenvalue weighted by molar-refractivity contribution is 0.267. The fourth-order valence-corrected chi connectivity index (χ4v) is 3.09. The molecule has 22 heavy (non-hydrogen) atoms. The molecule has 0 amide bonds. The van der Waals surface area contributed by atoms with Gasteiger partial charge < -0.3 is 10.6 Å². The van der Waals surface area contributed by atoms with Crippen molar-refractivity contribution in [3.8, 4) is 0 Å². The van der Waals surface area contributed by atoms with Crippen LogP contribution in [0.4, 0.5) is 0 Å². The van der Waals surface area contributed by atoms with Gasteiger partial charge in [0.1, 0.15) is 0 Å². The van der Waals surface area contributed by atoms with Gasteiger partial charge in [0.2, 0.25) is 0 Å². The van der Waals surface area contributed by atoms with Crippen LogP contribution in [0.5, 0.6) is 0 Å². The second kappa shape index (κ2) is 9.01. The summed E-state index contributed by atoms with van der Waals surface area (Å²) in [6.07, 6.45) is 2.57. The second-order valence-corrected chi connectivity index (χ2v) is 6.00. The zero-order chi connectivity index (χ0) is 15.8. The molecule has 2 rings (SSSR count). The number of guanidine groups is 1. The van der Waals surface area contributed by atoms with Gasteiger partial charge >= 0.3 is 0 Å². The predicted molar refractivity (Wildman–Crippen MR) is 94.5 cm³/mol. The SMILES string of the molecule is CCNC(=NCc1ccccc1Cl)NCC1CCCN1CC. The van der Waals surface area contributed by atoms with Crippen molar-refractivity contribution in [2.75, 3.05) is 26.2 Å². The van der Waals surface area contributed by atoms with Crippen molar-refractivity contribution in [3.63, 3.8) is 0 Å². The minimum atomic E-state index is 0.594. The smallest absolute Gasteiger partial charge is 0.191 e. The van der Waals surface area contributed by atoms with E-state index in [1.807, 2.05) is 24.3 Å². The van der Waals surface area contributed by atoms with Gasteiger partial charge in [-0.25, -0.2) is 4.99 Å². The van der Waals surface area contributed by atoms with Crippen molar-refractivity contribution in [1.82, 2.24) is 15.5 Å². The molecule has 1 unspecified atom stereocenters. The Labute approximate surface area is 138 Å². The van der Waals surface area contributed by atoms with E-state index in [9.17, 15) is 0 Å². The molecular formula is C17H27ClN4. The Morgan fingerprint density at radius 3 is 2.86 bits per heavy atom. The number of benzene rings is 1. The van der Waals surface area contributed by atoms with Gasteiger partial charge in [0.05, 0.1) is 6.54 Å². The van der Waals surface area contributed by atoms with E-state index in [0.29, 0.717) is 12.6 Å². The lowest BCUT2D eigenvalue weighted by Gasteiger charge is -2.24. The third-order valence-corrected chi connectivity index (χ3v) is 4.49. The Morgan fingerprint density at radius 1 is 1.32 bits per heavy atom. The topological polar surface area (TPSA) is 39.7 Å². The third kappa shape index (κ3) is 4.89. The molecule has 1 fully saturated rings. The minimum absolute atomic E-state index is 0.594. The maximum absolute atomic E-state index is 6.19. The summed E-state index contributed by atoms with van der Waals surface area (Å²) in [5.41, 5.74) is 1.05. The number of hydrogen-bond acceptors (Lipinski definition) is 2. The summed E-state index contributed by atoms with van der Waals surface area (Å²) in [6, 6.07) is 8.48. The van der Waals surface area contributed by atoms with Crippen LogP contribution in [0.3, 0.4) is 0 Å². The lowest BCUT2D eigenvalue weighted by atomic mass is 10.2. The van der Waals surface area contributed by atoms with Crippen LogP contribution in [0.1, 0.15) is 32.3 Å². The summed E-state index contributed by atoms with van der Waals surface area (Å²) >= 11 is 6.19. The van der Waals surface area contributed by atoms with Crippen molar-refractivity contribution in [2.24, 2.45) is 4.99 Å². The minimum Gasteiger partial charge on any atom is -0.357 e. The molecule has 0 spiro atoms. The average molecular weight is 323 g/mol. The van der Waals surface area contributed by atoms with Crippen molar-refractivity contribution in [2.45, 2.75) is 39.3 Å². The van der Waals surface area contributed by atoms with Gasteiger partial charge in [0.15, 0.2) is 5.96 Å². The molecule has 4 nitrogen and oxygen atoms in total. The quantitative estimate of drug-likeness (QED) is 0.625. The molecule has 1 heterocycles. The molecule has 1 aliphatic heterocycles. The molecule has 0 bridgehead atoms. The van der Waals surface area contributed by atoms with E-state index in [4.69, 9.17) is 11.6 Å². The van der Waals surface area contributed by atoms with E-state index in [2.05, 4.69) is 34.4 Å². The maximum Gasteiger partial charge on any atom is 0.191 e. The Bertz CT molecular complexity index is 489. The Balaban J connectivity index is 1.91. The van der Waals surface area contributed by atoms with Gasteiger partial charge in [0, 0.05) is 24.2 Å². The van der Waals surface area contributed by atoms with Gasteiger partial charge in [0.25, 0.3) is 0 Å². The number of hydrogen-bond donors (Lipinski definition) is 2. The van der Waals surface area contributed by atoms with Gasteiger partial charge in [-0.15, -0.1) is 0 Å². The monoisotopic (exact) mass is 322 g/mol. The summed E-state index contributed by atoms with van der Waals surface area (Å²) < 4.78 is 0. The molecule has 5 heteroatoms. The zero-order valence-corrected chi connectivity index (χ0v) is 14.4. The fraction of sp³-hybridized carbons (Fsp3) is 0.588. The van der Waals surface area contributed by atoms with E-state index in [1.165, 1.54) is 19.4 Å². The van der Waals surface area contributed by atoms with E-state index in [-0.39, 0.29) is 0 Å². The molecule has 0 aromatic heterocycles. The molecule has 1 saturated heterocycles. The number of likely N-dealkylation sites (N-methyl/N-ethyl adjacent to an activating group) is 1. The number of halogens is 1. The molecular weight excluding hydrogens is 296 g/mol. The van der Waals surface area contributed by atoms with Crippen LogP contribution in [0.15, 0.2) is 29.3 Å². The van der Waals surface area contributed by atoms with Crippen LogP contribution in [0, 0.1) is 0 Å². The van der Waals surface area contributed by atoms with Crippen molar-refractivity contribution >= 4 is 17.6 Å². The average Bonchev–Trinajstić information content (AvgIpc) is 2.99. The first-order chi connectivity index (χ1) is 10.7. The molecule has 0 saturated carbocycles. The van der Waals surface area contributed by atoms with Gasteiger partial charge in [-0.1, -0.05) is 36.7 Å². The van der Waals surface area contributed by atoms with Crippen LogP contribution < -0.4 is 10.6 Å². The highest BCUT2D eigenvalue weighted by Crippen LogP contribution is 2.16. The normalized spacial score (nSPS) is 19.4. The first kappa shape index (κ1) is 17.1. The van der Waals surface area contributed by atoms with E-state index in [1.54, 1.807) is 0 Å². The summed E-state index contributed by atoms with van der Waals surface area (Å²) in [6.45, 7) is 9.06. The molecule has 2 N–H and O–H groups in total. The highest BCUT2D eigenvalue weighted by Gasteiger charge is 2.22. The molecule has 1 aromatic rings. The summed E-state index contributed by atoms with van der Waals surface area (Å²) in [5, 5.41) is 7.55. The number of aliphatic imine (C=N–C) groups is 1. The van der Waals surface area contributed by atoms with Crippen LogP contribution in [-0.2, 0) is 6.54 Å².